The first kappa shape index (κ1) is 30.2. The second kappa shape index (κ2) is 13.4. The van der Waals surface area contributed by atoms with Gasteiger partial charge in [-0.25, -0.2) is 20.0 Å². The number of fused-ring (bicyclic) bond motifs is 3. The third-order valence-corrected chi connectivity index (χ3v) is 10.9. The molecule has 0 aromatic carbocycles. The number of nitrogens with zero attached hydrogens (tertiary/aromatic N) is 7. The Kier molecular flexibility index (Phi) is 9.92. The molecule has 234 valence electrons. The van der Waals surface area contributed by atoms with Crippen LogP contribution >= 0.6 is 0 Å². The molecule has 7 fully saturated rings. The SMILES string of the molecule is CC1(C)O[C@@]2(C)CC[C@@H]1[C@@H](N(N1CCCCC1)N1CCCCC1)/C2=N/OCCN(N1CCCCC1)N1CCCCC1. The van der Waals surface area contributed by atoms with E-state index in [-0.39, 0.29) is 17.2 Å². The Hall–Kier alpha value is -0.810. The van der Waals surface area contributed by atoms with Crippen LogP contribution in [0.5, 0.6) is 0 Å². The Labute approximate surface area is 250 Å². The fourth-order valence-corrected chi connectivity index (χ4v) is 8.74. The van der Waals surface area contributed by atoms with Gasteiger partial charge in [-0.2, -0.15) is 10.2 Å². The van der Waals surface area contributed by atoms with Crippen molar-refractivity contribution in [1.82, 2.24) is 30.3 Å². The molecule has 6 aliphatic heterocycles. The molecule has 0 unspecified atom stereocenters. The van der Waals surface area contributed by atoms with Crippen LogP contribution in [-0.2, 0) is 9.57 Å². The van der Waals surface area contributed by atoms with Crippen molar-refractivity contribution in [3.63, 3.8) is 0 Å². The summed E-state index contributed by atoms with van der Waals surface area (Å²) in [6, 6.07) is 0.203. The van der Waals surface area contributed by atoms with Gasteiger partial charge in [0, 0.05) is 58.3 Å². The fourth-order valence-electron chi connectivity index (χ4n) is 8.74. The first-order valence-electron chi connectivity index (χ1n) is 17.4. The third-order valence-electron chi connectivity index (χ3n) is 10.9. The first-order chi connectivity index (χ1) is 20.0. The lowest BCUT2D eigenvalue weighted by molar-refractivity contribution is -0.268. The number of hydrogen-bond acceptors (Lipinski definition) is 9. The maximum Gasteiger partial charge on any atom is 0.132 e. The van der Waals surface area contributed by atoms with Gasteiger partial charge in [0.05, 0.1) is 18.2 Å². The molecule has 6 heterocycles. The second-order valence-electron chi connectivity index (χ2n) is 14.3. The smallest absolute Gasteiger partial charge is 0.132 e. The zero-order valence-electron chi connectivity index (χ0n) is 26.6. The van der Waals surface area contributed by atoms with Crippen LogP contribution in [0.25, 0.3) is 0 Å². The van der Waals surface area contributed by atoms with E-state index in [1.807, 2.05) is 0 Å². The van der Waals surface area contributed by atoms with Crippen molar-refractivity contribution in [3.8, 4) is 0 Å². The highest BCUT2D eigenvalue weighted by Crippen LogP contribution is 2.50. The van der Waals surface area contributed by atoms with Crippen molar-refractivity contribution in [1.29, 1.82) is 0 Å². The largest absolute Gasteiger partial charge is 0.394 e. The van der Waals surface area contributed by atoms with Crippen molar-refractivity contribution < 1.29 is 9.57 Å². The predicted molar refractivity (Wildman–Crippen MR) is 164 cm³/mol. The Morgan fingerprint density at radius 2 is 1.17 bits per heavy atom. The molecule has 0 spiro atoms. The van der Waals surface area contributed by atoms with E-state index in [0.717, 1.165) is 71.0 Å². The highest BCUT2D eigenvalue weighted by atomic mass is 16.6. The highest BCUT2D eigenvalue weighted by Gasteiger charge is 2.61. The zero-order chi connectivity index (χ0) is 28.3. The quantitative estimate of drug-likeness (QED) is 0.285. The molecular formula is C32H59N7O2. The van der Waals surface area contributed by atoms with Crippen LogP contribution in [0.2, 0.25) is 0 Å². The average Bonchev–Trinajstić information content (AvgIpc) is 2.99. The van der Waals surface area contributed by atoms with E-state index < -0.39 is 0 Å². The minimum atomic E-state index is -0.383. The number of hydrogen-bond donors (Lipinski definition) is 0. The maximum absolute atomic E-state index is 6.90. The summed E-state index contributed by atoms with van der Waals surface area (Å²) in [5.41, 5.74) is 0.568. The molecule has 9 heteroatoms. The van der Waals surface area contributed by atoms with E-state index in [9.17, 15) is 0 Å². The lowest BCUT2D eigenvalue weighted by Gasteiger charge is -2.62. The molecule has 0 aromatic heterocycles. The molecule has 0 N–H and O–H groups in total. The lowest BCUT2D eigenvalue weighted by atomic mass is 9.64. The molecule has 0 aromatic rings. The van der Waals surface area contributed by atoms with Crippen LogP contribution in [0.4, 0.5) is 0 Å². The van der Waals surface area contributed by atoms with E-state index in [1.165, 1.54) is 83.5 Å². The summed E-state index contributed by atoms with van der Waals surface area (Å²) >= 11 is 0. The van der Waals surface area contributed by atoms with Crippen LogP contribution in [0.1, 0.15) is 111 Å². The monoisotopic (exact) mass is 573 g/mol. The predicted octanol–water partition coefficient (Wildman–Crippen LogP) is 4.91. The van der Waals surface area contributed by atoms with Gasteiger partial charge in [-0.05, 0) is 85.0 Å². The number of rotatable bonds is 9. The van der Waals surface area contributed by atoms with Gasteiger partial charge in [-0.1, -0.05) is 30.8 Å². The van der Waals surface area contributed by atoms with Gasteiger partial charge in [-0.15, -0.1) is 0 Å². The first-order valence-corrected chi connectivity index (χ1v) is 17.4. The average molecular weight is 574 g/mol. The van der Waals surface area contributed by atoms with Gasteiger partial charge in [0.1, 0.15) is 17.9 Å². The molecule has 1 aliphatic carbocycles. The lowest BCUT2D eigenvalue weighted by Crippen LogP contribution is -2.74. The number of oxime groups is 1. The topological polar surface area (TPSA) is 50.3 Å². The summed E-state index contributed by atoms with van der Waals surface area (Å²) in [6.07, 6.45) is 17.9. The van der Waals surface area contributed by atoms with E-state index >= 15 is 0 Å². The van der Waals surface area contributed by atoms with Crippen LogP contribution in [-0.4, -0.2) is 119 Å². The van der Waals surface area contributed by atoms with E-state index in [1.54, 1.807) is 0 Å². The second-order valence-corrected chi connectivity index (χ2v) is 14.3. The van der Waals surface area contributed by atoms with Crippen LogP contribution in [0.3, 0.4) is 0 Å². The number of hydrazine groups is 4. The minimum absolute atomic E-state index is 0.181. The van der Waals surface area contributed by atoms with Crippen molar-refractivity contribution >= 4 is 5.71 Å². The fraction of sp³-hybridized carbons (Fsp3) is 0.969. The molecule has 3 atom stereocenters. The summed E-state index contributed by atoms with van der Waals surface area (Å²) in [7, 11) is 0. The molecule has 0 radical (unpaired) electrons. The van der Waals surface area contributed by atoms with Crippen molar-refractivity contribution in [2.75, 3.05) is 65.5 Å². The summed E-state index contributed by atoms with van der Waals surface area (Å²) in [6.45, 7) is 17.6. The Balaban J connectivity index is 1.23. The van der Waals surface area contributed by atoms with Gasteiger partial charge in [0.25, 0.3) is 0 Å². The Morgan fingerprint density at radius 1 is 0.707 bits per heavy atom. The molecule has 41 heavy (non-hydrogen) atoms. The van der Waals surface area contributed by atoms with Gasteiger partial charge in [-0.3, -0.25) is 0 Å². The van der Waals surface area contributed by atoms with Gasteiger partial charge in [0.2, 0.25) is 0 Å². The molecular weight excluding hydrogens is 514 g/mol. The number of ether oxygens (including phenoxy) is 1. The maximum atomic E-state index is 6.90. The van der Waals surface area contributed by atoms with Crippen LogP contribution in [0, 0.1) is 5.92 Å². The molecule has 9 nitrogen and oxygen atoms in total. The van der Waals surface area contributed by atoms with Crippen LogP contribution < -0.4 is 0 Å². The van der Waals surface area contributed by atoms with Crippen LogP contribution in [0.15, 0.2) is 5.16 Å². The third kappa shape index (κ3) is 6.66. The Bertz CT molecular complexity index is 826. The van der Waals surface area contributed by atoms with Gasteiger partial charge < -0.3 is 9.57 Å². The molecule has 7 rings (SSSR count). The van der Waals surface area contributed by atoms with E-state index in [4.69, 9.17) is 14.7 Å². The number of piperidine rings is 4. The molecule has 7 aliphatic rings. The van der Waals surface area contributed by atoms with Gasteiger partial charge in [0.15, 0.2) is 0 Å². The normalized spacial score (nSPS) is 35.5. The summed E-state index contributed by atoms with van der Waals surface area (Å²) in [4.78, 5) is 6.38. The highest BCUT2D eigenvalue weighted by molar-refractivity contribution is 5.98. The van der Waals surface area contributed by atoms with Crippen molar-refractivity contribution in [2.45, 2.75) is 128 Å². The summed E-state index contributed by atoms with van der Waals surface area (Å²) in [5.74, 6) is 0.397. The van der Waals surface area contributed by atoms with Crippen molar-refractivity contribution in [2.24, 2.45) is 11.1 Å². The van der Waals surface area contributed by atoms with Crippen molar-refractivity contribution in [3.05, 3.63) is 0 Å². The minimum Gasteiger partial charge on any atom is -0.394 e. The standard InChI is InChI=1S/C32H59N7O2/c1-31(2)28-16-17-32(3,41-31)30(29(28)39(36-22-12-6-13-23-36)37-24-14-7-15-25-37)33-40-27-26-38(34-18-8-4-9-19-34)35-20-10-5-11-21-35/h28-29H,4-27H2,1-3H3/b33-30-/t28-,29-,32+/m1/s1. The van der Waals surface area contributed by atoms with Gasteiger partial charge >= 0.3 is 0 Å². The van der Waals surface area contributed by atoms with E-state index in [0.29, 0.717) is 12.5 Å². The Morgan fingerprint density at radius 3 is 1.63 bits per heavy atom. The molecule has 2 bridgehead atoms. The molecule has 6 saturated heterocycles. The molecule has 1 saturated carbocycles. The summed E-state index contributed by atoms with van der Waals surface area (Å²) < 4.78 is 6.90. The molecule has 0 amide bonds. The van der Waals surface area contributed by atoms with E-state index in [2.05, 4.69) is 51.0 Å². The zero-order valence-corrected chi connectivity index (χ0v) is 26.6. The summed E-state index contributed by atoms with van der Waals surface area (Å²) in [5, 5.41) is 20.8.